The second-order valence-electron chi connectivity index (χ2n) is 17.0. The second kappa shape index (κ2) is 20.2. The third-order valence-electron chi connectivity index (χ3n) is 11.8. The molecule has 2 unspecified atom stereocenters. The van der Waals surface area contributed by atoms with Gasteiger partial charge in [-0.15, -0.1) is 0 Å². The first-order valence-corrected chi connectivity index (χ1v) is 23.6. The smallest absolute Gasteiger partial charge is 0.465 e. The van der Waals surface area contributed by atoms with Crippen LogP contribution in [-0.4, -0.2) is 155 Å². The minimum absolute atomic E-state index is 0.0733. The fourth-order valence-corrected chi connectivity index (χ4v) is 8.84. The van der Waals surface area contributed by atoms with Gasteiger partial charge in [0.1, 0.15) is 43.2 Å². The number of methoxy groups -OCH3 is 1. The molecule has 0 aromatic heterocycles. The molecular weight excluding hydrogens is 877 g/mol. The van der Waals surface area contributed by atoms with Gasteiger partial charge in [-0.3, -0.25) is 4.79 Å². The highest BCUT2D eigenvalue weighted by Gasteiger charge is 2.65. The molecule has 2 aromatic rings. The molecule has 65 heavy (non-hydrogen) atoms. The molecule has 2 amide bonds. The number of esters is 3. The van der Waals surface area contributed by atoms with Gasteiger partial charge in [0.05, 0.1) is 37.9 Å². The number of cyclic esters (lactones) is 2. The van der Waals surface area contributed by atoms with Crippen LogP contribution in [0.2, 0.25) is 18.1 Å². The molecule has 22 nitrogen and oxygen atoms in total. The Labute approximate surface area is 374 Å². The fourth-order valence-electron chi connectivity index (χ4n) is 7.53. The SMILES string of the molecule is COC(=O)[C@@]1(OC[C@H]2O[C@@H](OCCN=[N+]=[N-])[C@H](OC(=O)c3ccccc3)[C@@H](OC(=O)c3ccccc3)[C@H]2O)C[C@@H]2OC(=O)N(C(C)=O)[C@H]2[C@H](C2OC(=O)OCC2O[Si](C)(C)C(C)(C)C)O1. The summed E-state index contributed by atoms with van der Waals surface area (Å²) in [4.78, 5) is 83.9. The molecule has 1 N–H and O–H groups in total. The zero-order valence-corrected chi connectivity index (χ0v) is 37.8. The fraction of sp³-hybridized carbons (Fsp3) is 0.571. The highest BCUT2D eigenvalue weighted by Crippen LogP contribution is 2.45. The first-order chi connectivity index (χ1) is 30.8. The van der Waals surface area contributed by atoms with E-state index in [1.807, 2.05) is 33.9 Å². The molecule has 6 rings (SSSR count). The molecule has 0 saturated carbocycles. The number of amides is 2. The Balaban J connectivity index is 1.37. The van der Waals surface area contributed by atoms with Crippen LogP contribution in [0.5, 0.6) is 0 Å². The lowest BCUT2D eigenvalue weighted by Gasteiger charge is -2.49. The summed E-state index contributed by atoms with van der Waals surface area (Å²) < 4.78 is 65.0. The molecule has 4 fully saturated rings. The van der Waals surface area contributed by atoms with Crippen molar-refractivity contribution in [2.24, 2.45) is 5.11 Å². The van der Waals surface area contributed by atoms with Crippen molar-refractivity contribution in [1.82, 2.24) is 4.90 Å². The van der Waals surface area contributed by atoms with Gasteiger partial charge in [-0.25, -0.2) is 28.9 Å². The Morgan fingerprint density at radius 1 is 0.954 bits per heavy atom. The summed E-state index contributed by atoms with van der Waals surface area (Å²) in [6, 6.07) is 14.2. The van der Waals surface area contributed by atoms with Crippen LogP contribution in [-0.2, 0) is 61.4 Å². The van der Waals surface area contributed by atoms with Crippen LogP contribution in [0.4, 0.5) is 9.59 Å². The van der Waals surface area contributed by atoms with Gasteiger partial charge in [-0.1, -0.05) is 62.3 Å². The monoisotopic (exact) mass is 928 g/mol. The van der Waals surface area contributed by atoms with Gasteiger partial charge in [0, 0.05) is 18.4 Å². The highest BCUT2D eigenvalue weighted by molar-refractivity contribution is 6.74. The third kappa shape index (κ3) is 10.7. The van der Waals surface area contributed by atoms with Crippen molar-refractivity contribution in [3.05, 3.63) is 82.2 Å². The van der Waals surface area contributed by atoms with Gasteiger partial charge in [0.25, 0.3) is 5.79 Å². The number of rotatable bonds is 15. The van der Waals surface area contributed by atoms with Crippen LogP contribution in [0.25, 0.3) is 10.4 Å². The number of carbonyl (C=O) groups is 6. The summed E-state index contributed by atoms with van der Waals surface area (Å²) in [7, 11) is -1.66. The van der Waals surface area contributed by atoms with Crippen molar-refractivity contribution in [3.8, 4) is 0 Å². The van der Waals surface area contributed by atoms with Gasteiger partial charge >= 0.3 is 30.2 Å². The molecular formula is C42H52N4O18Si. The van der Waals surface area contributed by atoms with E-state index in [0.29, 0.717) is 0 Å². The zero-order valence-electron chi connectivity index (χ0n) is 36.8. The quantitative estimate of drug-likeness (QED) is 0.0499. The van der Waals surface area contributed by atoms with E-state index in [-0.39, 0.29) is 35.9 Å². The van der Waals surface area contributed by atoms with Gasteiger partial charge in [0.2, 0.25) is 5.91 Å². The van der Waals surface area contributed by atoms with E-state index in [9.17, 15) is 33.9 Å². The molecule has 4 saturated heterocycles. The van der Waals surface area contributed by atoms with Crippen molar-refractivity contribution < 1.29 is 85.7 Å². The number of azide groups is 1. The number of aliphatic hydroxyl groups is 1. The molecule has 0 aliphatic carbocycles. The summed E-state index contributed by atoms with van der Waals surface area (Å²) in [6.45, 7) is 9.30. The number of imide groups is 1. The molecule has 4 aliphatic heterocycles. The van der Waals surface area contributed by atoms with E-state index in [1.54, 1.807) is 36.4 Å². The van der Waals surface area contributed by atoms with E-state index < -0.39 is 124 Å². The Bertz CT molecular complexity index is 2120. The Morgan fingerprint density at radius 3 is 2.14 bits per heavy atom. The molecule has 0 spiro atoms. The van der Waals surface area contributed by atoms with E-state index in [4.69, 9.17) is 57.3 Å². The van der Waals surface area contributed by atoms with E-state index >= 15 is 0 Å². The molecule has 0 radical (unpaired) electrons. The first kappa shape index (κ1) is 48.8. The molecule has 4 heterocycles. The minimum Gasteiger partial charge on any atom is -0.465 e. The standard InChI is InChI=1S/C42H52N4O18Si/c1-23(47)46-29-26(59-39(46)52)20-42(38(51)54-5,63-32(29)31-28(21-56-40(53)62-31)64-65(6,7)41(2,3)4)57-22-27-30(48)33(60-35(49)24-14-10-8-11-15-24)34(37(58-27)55-19-18-44-45-43)61-36(50)25-16-12-9-13-17-25/h8-17,26-34,37,48H,18-22H2,1-7H3/t26-,27+,28?,29+,30-,31?,32+,33-,34+,37+,42+/m0/s1. The van der Waals surface area contributed by atoms with Crippen LogP contribution in [0, 0.1) is 0 Å². The minimum atomic E-state index is -2.69. The Morgan fingerprint density at radius 2 is 1.57 bits per heavy atom. The number of aliphatic hydroxyl groups excluding tert-OH is 1. The topological polar surface area (TPSA) is 276 Å². The highest BCUT2D eigenvalue weighted by atomic mass is 28.4. The van der Waals surface area contributed by atoms with Crippen molar-refractivity contribution in [1.29, 1.82) is 0 Å². The van der Waals surface area contributed by atoms with Crippen LogP contribution in [0.1, 0.15) is 54.8 Å². The molecule has 0 bridgehead atoms. The van der Waals surface area contributed by atoms with Gasteiger partial charge in [-0.2, -0.15) is 0 Å². The lowest BCUT2D eigenvalue weighted by Crippen LogP contribution is -2.69. The van der Waals surface area contributed by atoms with Crippen molar-refractivity contribution in [3.63, 3.8) is 0 Å². The van der Waals surface area contributed by atoms with Gasteiger partial charge in [-0.05, 0) is 47.9 Å². The number of hydrogen-bond donors (Lipinski definition) is 1. The van der Waals surface area contributed by atoms with Crippen LogP contribution >= 0.6 is 0 Å². The number of carbonyl (C=O) groups excluding carboxylic acids is 6. The molecule has 4 aliphatic rings. The summed E-state index contributed by atoms with van der Waals surface area (Å²) in [5.41, 5.74) is 9.07. The van der Waals surface area contributed by atoms with Gasteiger partial charge in [0.15, 0.2) is 32.9 Å². The van der Waals surface area contributed by atoms with E-state index in [0.717, 1.165) is 18.9 Å². The Hall–Kier alpha value is -5.65. The van der Waals surface area contributed by atoms with Crippen LogP contribution in [0.3, 0.4) is 0 Å². The lowest BCUT2D eigenvalue weighted by atomic mass is 9.88. The van der Waals surface area contributed by atoms with Crippen LogP contribution < -0.4 is 0 Å². The maximum absolute atomic E-state index is 14.1. The predicted molar refractivity (Wildman–Crippen MR) is 221 cm³/mol. The average molecular weight is 929 g/mol. The van der Waals surface area contributed by atoms with Crippen molar-refractivity contribution >= 4 is 44.4 Å². The van der Waals surface area contributed by atoms with Gasteiger partial charge < -0.3 is 56.9 Å². The number of ether oxygens (including phenoxy) is 10. The third-order valence-corrected chi connectivity index (χ3v) is 16.3. The first-order valence-electron chi connectivity index (χ1n) is 20.7. The second-order valence-corrected chi connectivity index (χ2v) is 21.8. The summed E-state index contributed by atoms with van der Waals surface area (Å²) in [6.07, 6.45) is -16.7. The summed E-state index contributed by atoms with van der Waals surface area (Å²) in [5.74, 6) is -6.30. The maximum Gasteiger partial charge on any atom is 0.508 e. The van der Waals surface area contributed by atoms with Crippen molar-refractivity contribution in [2.75, 3.05) is 33.5 Å². The molecule has 2 aromatic carbocycles. The van der Waals surface area contributed by atoms with E-state index in [1.165, 1.54) is 24.3 Å². The molecule has 23 heteroatoms. The largest absolute Gasteiger partial charge is 0.508 e. The predicted octanol–water partition coefficient (Wildman–Crippen LogP) is 4.19. The van der Waals surface area contributed by atoms with Crippen LogP contribution in [0.15, 0.2) is 65.8 Å². The number of benzene rings is 2. The lowest BCUT2D eigenvalue weighted by molar-refractivity contribution is -0.338. The number of nitrogens with zero attached hydrogens (tertiary/aromatic N) is 4. The summed E-state index contributed by atoms with van der Waals surface area (Å²) >= 11 is 0. The Kier molecular flexibility index (Phi) is 15.2. The van der Waals surface area contributed by atoms with E-state index in [2.05, 4.69) is 10.0 Å². The maximum atomic E-state index is 14.1. The van der Waals surface area contributed by atoms with Crippen molar-refractivity contribution in [2.45, 2.75) is 119 Å². The zero-order chi connectivity index (χ0) is 47.3. The normalized spacial score (nSPS) is 30.1. The number of hydrogen-bond acceptors (Lipinski definition) is 19. The number of fused-ring (bicyclic) bond motifs is 1. The summed E-state index contributed by atoms with van der Waals surface area (Å²) in [5, 5.41) is 15.1. The average Bonchev–Trinajstić information content (AvgIpc) is 3.62. The molecule has 11 atom stereocenters. The molecule has 352 valence electrons.